The molecule has 1 aromatic carbocycles. The minimum atomic E-state index is -0.512. The van der Waals surface area contributed by atoms with Crippen molar-refractivity contribution in [3.63, 3.8) is 0 Å². The number of rotatable bonds is 7. The van der Waals surface area contributed by atoms with E-state index in [9.17, 15) is 9.18 Å². The lowest BCUT2D eigenvalue weighted by Gasteiger charge is -2.09. The van der Waals surface area contributed by atoms with Crippen LogP contribution in [0, 0.1) is 5.82 Å². The van der Waals surface area contributed by atoms with Crippen molar-refractivity contribution in [3.8, 4) is 11.4 Å². The van der Waals surface area contributed by atoms with Crippen LogP contribution in [0.2, 0.25) is 0 Å². The van der Waals surface area contributed by atoms with Gasteiger partial charge in [0.2, 0.25) is 5.91 Å². The average Bonchev–Trinajstić information content (AvgIpc) is 3.40. The Morgan fingerprint density at radius 1 is 1.23 bits per heavy atom. The van der Waals surface area contributed by atoms with Crippen molar-refractivity contribution in [2.75, 3.05) is 11.1 Å². The lowest BCUT2D eigenvalue weighted by molar-refractivity contribution is -0.113. The van der Waals surface area contributed by atoms with E-state index in [0.717, 1.165) is 11.3 Å². The van der Waals surface area contributed by atoms with Crippen LogP contribution in [0.5, 0.6) is 0 Å². The zero-order valence-corrected chi connectivity index (χ0v) is 17.9. The maximum atomic E-state index is 13.9. The first-order chi connectivity index (χ1) is 14.6. The Hall–Kier alpha value is -2.98. The molecule has 1 N–H and O–H groups in total. The maximum absolute atomic E-state index is 13.9. The summed E-state index contributed by atoms with van der Waals surface area (Å²) in [7, 11) is 0. The van der Waals surface area contributed by atoms with Crippen LogP contribution >= 0.6 is 27.7 Å². The third-order valence-corrected chi connectivity index (χ3v) is 5.53. The maximum Gasteiger partial charge on any atom is 0.234 e. The number of thioether (sulfide) groups is 1. The van der Waals surface area contributed by atoms with E-state index in [1.54, 1.807) is 30.8 Å². The molecule has 0 aliphatic rings. The van der Waals surface area contributed by atoms with Crippen molar-refractivity contribution >= 4 is 39.3 Å². The molecule has 0 saturated carbocycles. The minimum absolute atomic E-state index is 0.0405. The van der Waals surface area contributed by atoms with Crippen LogP contribution in [0.3, 0.4) is 0 Å². The van der Waals surface area contributed by atoms with Gasteiger partial charge < -0.3 is 9.73 Å². The molecular weight excluding hydrogens is 473 g/mol. The van der Waals surface area contributed by atoms with Crippen LogP contribution in [0.1, 0.15) is 5.76 Å². The lowest BCUT2D eigenvalue weighted by atomic mass is 10.2. The SMILES string of the molecule is O=C(CSc1nnc(-c2cccnc2)n1Cc1ccco1)Nc1ccc(Br)cc1F. The van der Waals surface area contributed by atoms with Crippen molar-refractivity contribution in [1.82, 2.24) is 19.7 Å². The van der Waals surface area contributed by atoms with Crippen LogP contribution in [-0.4, -0.2) is 31.4 Å². The predicted molar refractivity (Wildman–Crippen MR) is 115 cm³/mol. The Kier molecular flexibility index (Phi) is 6.24. The Labute approximate surface area is 183 Å². The highest BCUT2D eigenvalue weighted by atomic mass is 79.9. The summed E-state index contributed by atoms with van der Waals surface area (Å²) in [6.07, 6.45) is 4.97. The number of benzene rings is 1. The van der Waals surface area contributed by atoms with E-state index < -0.39 is 5.82 Å². The molecule has 0 bridgehead atoms. The van der Waals surface area contributed by atoms with Crippen molar-refractivity contribution < 1.29 is 13.6 Å². The van der Waals surface area contributed by atoms with Gasteiger partial charge in [0.05, 0.1) is 24.2 Å². The summed E-state index contributed by atoms with van der Waals surface area (Å²) >= 11 is 4.39. The molecule has 0 fully saturated rings. The van der Waals surface area contributed by atoms with Gasteiger partial charge in [-0.2, -0.15) is 0 Å². The summed E-state index contributed by atoms with van der Waals surface area (Å²) in [4.78, 5) is 16.5. The Morgan fingerprint density at radius 2 is 2.13 bits per heavy atom. The average molecular weight is 488 g/mol. The number of furan rings is 1. The van der Waals surface area contributed by atoms with Gasteiger partial charge in [-0.25, -0.2) is 4.39 Å². The molecule has 0 unspecified atom stereocenters. The number of nitrogens with zero attached hydrogens (tertiary/aromatic N) is 4. The monoisotopic (exact) mass is 487 g/mol. The molecule has 30 heavy (non-hydrogen) atoms. The van der Waals surface area contributed by atoms with Gasteiger partial charge in [0.1, 0.15) is 11.6 Å². The van der Waals surface area contributed by atoms with E-state index >= 15 is 0 Å². The second kappa shape index (κ2) is 9.23. The van der Waals surface area contributed by atoms with Gasteiger partial charge in [-0.05, 0) is 42.5 Å². The molecule has 7 nitrogen and oxygen atoms in total. The number of carbonyl (C=O) groups excluding carboxylic acids is 1. The number of hydrogen-bond donors (Lipinski definition) is 1. The summed E-state index contributed by atoms with van der Waals surface area (Å²) < 4.78 is 21.9. The number of aromatic nitrogens is 4. The van der Waals surface area contributed by atoms with Gasteiger partial charge in [0.15, 0.2) is 11.0 Å². The first-order valence-corrected chi connectivity index (χ1v) is 10.6. The van der Waals surface area contributed by atoms with E-state index in [1.165, 1.54) is 23.9 Å². The molecule has 0 aliphatic heterocycles. The summed E-state index contributed by atoms with van der Waals surface area (Å²) in [5.41, 5.74) is 0.918. The number of halogens is 2. The molecule has 0 atom stereocenters. The number of pyridine rings is 1. The second-order valence-corrected chi connectivity index (χ2v) is 8.03. The zero-order valence-electron chi connectivity index (χ0n) is 15.5. The van der Waals surface area contributed by atoms with Crippen LogP contribution in [0.25, 0.3) is 11.4 Å². The zero-order chi connectivity index (χ0) is 20.9. The van der Waals surface area contributed by atoms with E-state index in [2.05, 4.69) is 36.4 Å². The fourth-order valence-electron chi connectivity index (χ4n) is 2.71. The van der Waals surface area contributed by atoms with E-state index in [4.69, 9.17) is 4.42 Å². The first-order valence-electron chi connectivity index (χ1n) is 8.84. The number of hydrogen-bond acceptors (Lipinski definition) is 6. The Bertz CT molecular complexity index is 1150. The summed E-state index contributed by atoms with van der Waals surface area (Å²) in [5, 5.41) is 11.6. The topological polar surface area (TPSA) is 85.8 Å². The smallest absolute Gasteiger partial charge is 0.234 e. The third-order valence-electron chi connectivity index (χ3n) is 4.07. The minimum Gasteiger partial charge on any atom is -0.467 e. The summed E-state index contributed by atoms with van der Waals surface area (Å²) in [6.45, 7) is 0.398. The third kappa shape index (κ3) is 4.77. The normalized spacial score (nSPS) is 10.9. The lowest BCUT2D eigenvalue weighted by Crippen LogP contribution is -2.15. The molecule has 0 spiro atoms. The summed E-state index contributed by atoms with van der Waals surface area (Å²) in [5.74, 6) is 0.516. The van der Waals surface area contributed by atoms with Crippen LogP contribution < -0.4 is 5.32 Å². The summed E-state index contributed by atoms with van der Waals surface area (Å²) in [6, 6.07) is 11.8. The van der Waals surface area contributed by atoms with Gasteiger partial charge in [0.25, 0.3) is 0 Å². The quantitative estimate of drug-likeness (QED) is 0.383. The van der Waals surface area contributed by atoms with Gasteiger partial charge in [-0.1, -0.05) is 27.7 Å². The highest BCUT2D eigenvalue weighted by Crippen LogP contribution is 2.25. The molecule has 3 aromatic heterocycles. The number of amides is 1. The first kappa shape index (κ1) is 20.3. The molecule has 0 radical (unpaired) electrons. The van der Waals surface area contributed by atoms with Crippen molar-refractivity contribution in [1.29, 1.82) is 0 Å². The molecule has 0 saturated heterocycles. The molecule has 0 aliphatic carbocycles. The fourth-order valence-corrected chi connectivity index (χ4v) is 3.78. The largest absolute Gasteiger partial charge is 0.467 e. The highest BCUT2D eigenvalue weighted by molar-refractivity contribution is 9.10. The number of anilines is 1. The van der Waals surface area contributed by atoms with Crippen molar-refractivity contribution in [3.05, 3.63) is 77.2 Å². The highest BCUT2D eigenvalue weighted by Gasteiger charge is 2.17. The van der Waals surface area contributed by atoms with Crippen molar-refractivity contribution in [2.24, 2.45) is 0 Å². The number of carbonyl (C=O) groups is 1. The molecule has 10 heteroatoms. The molecule has 4 aromatic rings. The van der Waals surface area contributed by atoms with E-state index in [-0.39, 0.29) is 17.3 Å². The Balaban J connectivity index is 1.52. The van der Waals surface area contributed by atoms with E-state index in [1.807, 2.05) is 22.8 Å². The van der Waals surface area contributed by atoms with Gasteiger partial charge >= 0.3 is 0 Å². The predicted octanol–water partition coefficient (Wildman–Crippen LogP) is 4.61. The van der Waals surface area contributed by atoms with Gasteiger partial charge in [0, 0.05) is 22.4 Å². The second-order valence-electron chi connectivity index (χ2n) is 6.17. The molecule has 4 rings (SSSR count). The van der Waals surface area contributed by atoms with Crippen LogP contribution in [0.4, 0.5) is 10.1 Å². The molecule has 1 amide bonds. The van der Waals surface area contributed by atoms with E-state index in [0.29, 0.717) is 22.0 Å². The van der Waals surface area contributed by atoms with Gasteiger partial charge in [-0.15, -0.1) is 10.2 Å². The van der Waals surface area contributed by atoms with Crippen LogP contribution in [0.15, 0.2) is 75.2 Å². The Morgan fingerprint density at radius 3 is 2.87 bits per heavy atom. The molecule has 3 heterocycles. The number of nitrogens with one attached hydrogen (secondary N) is 1. The molecule has 152 valence electrons. The van der Waals surface area contributed by atoms with Crippen molar-refractivity contribution in [2.45, 2.75) is 11.7 Å². The van der Waals surface area contributed by atoms with Gasteiger partial charge in [-0.3, -0.25) is 14.3 Å². The fraction of sp³-hybridized carbons (Fsp3) is 0.100. The standard InChI is InChI=1S/C20H15BrFN5O2S/c21-14-5-6-17(16(22)9-14)24-18(28)12-30-20-26-25-19(13-3-1-7-23-10-13)27(20)11-15-4-2-8-29-15/h1-10H,11-12H2,(H,24,28). The van der Waals surface area contributed by atoms with Crippen LogP contribution in [-0.2, 0) is 11.3 Å². The molecular formula is C20H15BrFN5O2S.